The Balaban J connectivity index is 2.53. The van der Waals surface area contributed by atoms with Gasteiger partial charge in [-0.15, -0.1) is 23.2 Å². The molecular weight excluding hydrogens is 426 g/mol. The summed E-state index contributed by atoms with van der Waals surface area (Å²) in [5.74, 6) is 1.01. The van der Waals surface area contributed by atoms with Crippen molar-refractivity contribution < 1.29 is 4.74 Å². The van der Waals surface area contributed by atoms with Crippen LogP contribution >= 0.6 is 61.7 Å². The van der Waals surface area contributed by atoms with Gasteiger partial charge in [-0.25, -0.2) is 0 Å². The van der Waals surface area contributed by atoms with Crippen LogP contribution in [0.5, 0.6) is 0 Å². The van der Waals surface area contributed by atoms with Crippen LogP contribution in [0.4, 0.5) is 0 Å². The van der Waals surface area contributed by atoms with Gasteiger partial charge in [0.05, 0.1) is 16.6 Å². The second kappa shape index (κ2) is 8.14. The number of ether oxygens (including phenoxy) is 1. The quantitative estimate of drug-likeness (QED) is 0.466. The molecule has 0 spiro atoms. The van der Waals surface area contributed by atoms with Crippen molar-refractivity contribution in [3.05, 3.63) is 34.3 Å². The van der Waals surface area contributed by atoms with Crippen molar-refractivity contribution >= 4 is 61.7 Å². The lowest BCUT2D eigenvalue weighted by molar-refractivity contribution is 0.0596. The van der Waals surface area contributed by atoms with Crippen molar-refractivity contribution in [3.63, 3.8) is 0 Å². The van der Waals surface area contributed by atoms with Gasteiger partial charge >= 0.3 is 0 Å². The fraction of sp³-hybridized carbons (Fsp3) is 0.455. The Labute approximate surface area is 128 Å². The maximum Gasteiger partial charge on any atom is 0.0843 e. The van der Waals surface area contributed by atoms with E-state index in [1.54, 1.807) is 0 Å². The molecule has 0 aromatic heterocycles. The maximum atomic E-state index is 5.85. The summed E-state index contributed by atoms with van der Waals surface area (Å²) >= 11 is 17.4. The molecule has 5 heteroatoms. The summed E-state index contributed by atoms with van der Waals surface area (Å²) in [6.07, 6.45) is -0.00753. The summed E-state index contributed by atoms with van der Waals surface area (Å²) in [6, 6.07) is 7.99. The highest BCUT2D eigenvalue weighted by Crippen LogP contribution is 2.20. The molecule has 0 amide bonds. The van der Waals surface area contributed by atoms with Crippen molar-refractivity contribution in [3.8, 4) is 0 Å². The molecule has 0 saturated carbocycles. The molecule has 16 heavy (non-hydrogen) atoms. The van der Waals surface area contributed by atoms with E-state index < -0.39 is 0 Å². The van der Waals surface area contributed by atoms with Crippen LogP contribution in [0, 0.1) is 0 Å². The van der Waals surface area contributed by atoms with Gasteiger partial charge in [-0.1, -0.05) is 56.7 Å². The maximum absolute atomic E-state index is 5.85. The molecule has 0 aliphatic carbocycles. The molecule has 90 valence electrons. The van der Waals surface area contributed by atoms with Crippen LogP contribution in [-0.4, -0.2) is 21.8 Å². The van der Waals surface area contributed by atoms with Crippen LogP contribution in [0.2, 0.25) is 0 Å². The van der Waals surface area contributed by atoms with Gasteiger partial charge in [0, 0.05) is 16.2 Å². The average Bonchev–Trinajstić information content (AvgIpc) is 2.31. The van der Waals surface area contributed by atoms with E-state index in [1.807, 2.05) is 24.3 Å². The third-order valence-electron chi connectivity index (χ3n) is 2.11. The highest BCUT2D eigenvalue weighted by atomic mass is 127. The van der Waals surface area contributed by atoms with Crippen molar-refractivity contribution in [1.82, 2.24) is 0 Å². The Morgan fingerprint density at radius 1 is 1.25 bits per heavy atom. The zero-order valence-electron chi connectivity index (χ0n) is 8.51. The minimum atomic E-state index is -0.00753. The number of halogens is 4. The van der Waals surface area contributed by atoms with E-state index in [9.17, 15) is 0 Å². The third-order valence-corrected chi connectivity index (χ3v) is 5.29. The van der Waals surface area contributed by atoms with Crippen LogP contribution in [0.3, 0.4) is 0 Å². The zero-order valence-corrected chi connectivity index (χ0v) is 13.8. The van der Waals surface area contributed by atoms with E-state index in [0.29, 0.717) is 18.4 Å². The molecule has 2 atom stereocenters. The molecule has 0 aliphatic heterocycles. The lowest BCUT2D eigenvalue weighted by Gasteiger charge is -2.19. The second-order valence-electron chi connectivity index (χ2n) is 3.27. The summed E-state index contributed by atoms with van der Waals surface area (Å²) in [5.41, 5.74) is 1.12. The van der Waals surface area contributed by atoms with Crippen LogP contribution in [-0.2, 0) is 11.3 Å². The molecule has 0 fully saturated rings. The first kappa shape index (κ1) is 15.0. The van der Waals surface area contributed by atoms with Gasteiger partial charge in [0.1, 0.15) is 0 Å². The summed E-state index contributed by atoms with van der Waals surface area (Å²) in [7, 11) is 0. The van der Waals surface area contributed by atoms with Gasteiger partial charge in [-0.3, -0.25) is 0 Å². The minimum absolute atomic E-state index is 0.00753. The first-order valence-corrected chi connectivity index (χ1v) is 7.90. The second-order valence-corrected chi connectivity index (χ2v) is 6.34. The number of hydrogen-bond acceptors (Lipinski definition) is 1. The number of alkyl halides is 3. The van der Waals surface area contributed by atoms with Gasteiger partial charge < -0.3 is 4.74 Å². The molecule has 2 unspecified atom stereocenters. The predicted molar refractivity (Wildman–Crippen MR) is 82.0 cm³/mol. The van der Waals surface area contributed by atoms with Crippen LogP contribution < -0.4 is 0 Å². The van der Waals surface area contributed by atoms with E-state index in [-0.39, 0.29) is 10.0 Å². The molecule has 0 saturated heterocycles. The van der Waals surface area contributed by atoms with E-state index in [4.69, 9.17) is 27.9 Å². The number of benzene rings is 1. The van der Waals surface area contributed by atoms with E-state index in [0.717, 1.165) is 10.0 Å². The molecule has 0 N–H and O–H groups in total. The minimum Gasteiger partial charge on any atom is -0.371 e. The molecule has 0 aliphatic rings. The molecule has 1 nitrogen and oxygen atoms in total. The average molecular weight is 438 g/mol. The topological polar surface area (TPSA) is 9.23 Å². The fourth-order valence-electron chi connectivity index (χ4n) is 1.16. The monoisotopic (exact) mass is 436 g/mol. The standard InChI is InChI=1S/C11H12BrCl2IO/c12-9-4-2-1-3-8(9)7-16-11(6-14)10(15)5-13/h1-4,10-11H,5-7H2. The first-order valence-electron chi connectivity index (χ1n) is 4.80. The Hall–Kier alpha value is 0.970. The van der Waals surface area contributed by atoms with Crippen molar-refractivity contribution in [1.29, 1.82) is 0 Å². The summed E-state index contributed by atoms with van der Waals surface area (Å²) in [5, 5.41) is 0. The van der Waals surface area contributed by atoms with Gasteiger partial charge in [-0.2, -0.15) is 0 Å². The van der Waals surface area contributed by atoms with Gasteiger partial charge in [0.2, 0.25) is 0 Å². The molecular formula is C11H12BrCl2IO. The highest BCUT2D eigenvalue weighted by molar-refractivity contribution is 14.1. The van der Waals surface area contributed by atoms with Crippen LogP contribution in [0.1, 0.15) is 5.56 Å². The third kappa shape index (κ3) is 4.69. The van der Waals surface area contributed by atoms with Crippen molar-refractivity contribution in [2.75, 3.05) is 11.8 Å². The Bertz CT molecular complexity index is 325. The highest BCUT2D eigenvalue weighted by Gasteiger charge is 2.17. The molecule has 1 aromatic carbocycles. The summed E-state index contributed by atoms with van der Waals surface area (Å²) in [4.78, 5) is 0. The lowest BCUT2D eigenvalue weighted by Crippen LogP contribution is -2.27. The summed E-state index contributed by atoms with van der Waals surface area (Å²) in [6.45, 7) is 0.551. The fourth-order valence-corrected chi connectivity index (χ4v) is 2.82. The van der Waals surface area contributed by atoms with Crippen molar-refractivity contribution in [2.45, 2.75) is 16.6 Å². The summed E-state index contributed by atoms with van der Waals surface area (Å²) < 4.78 is 7.05. The lowest BCUT2D eigenvalue weighted by atomic mass is 10.2. The van der Waals surface area contributed by atoms with Crippen LogP contribution in [0.25, 0.3) is 0 Å². The Kier molecular flexibility index (Phi) is 7.64. The molecule has 1 aromatic rings. The molecule has 0 bridgehead atoms. The van der Waals surface area contributed by atoms with Crippen LogP contribution in [0.15, 0.2) is 28.7 Å². The first-order chi connectivity index (χ1) is 7.69. The Morgan fingerprint density at radius 2 is 1.94 bits per heavy atom. The Morgan fingerprint density at radius 3 is 2.50 bits per heavy atom. The normalized spacial score (nSPS) is 14.8. The number of hydrogen-bond donors (Lipinski definition) is 0. The van der Waals surface area contributed by atoms with Gasteiger partial charge in [-0.05, 0) is 11.6 Å². The largest absolute Gasteiger partial charge is 0.371 e. The molecule has 1 rings (SSSR count). The van der Waals surface area contributed by atoms with Crippen molar-refractivity contribution in [2.24, 2.45) is 0 Å². The van der Waals surface area contributed by atoms with E-state index >= 15 is 0 Å². The predicted octanol–water partition coefficient (Wildman–Crippen LogP) is 4.62. The SMILES string of the molecule is ClCC(I)C(CCl)OCc1ccccc1Br. The molecule has 0 heterocycles. The zero-order chi connectivity index (χ0) is 12.0. The number of rotatable bonds is 6. The molecule has 0 radical (unpaired) electrons. The van der Waals surface area contributed by atoms with E-state index in [1.165, 1.54) is 0 Å². The smallest absolute Gasteiger partial charge is 0.0843 e. The van der Waals surface area contributed by atoms with E-state index in [2.05, 4.69) is 38.5 Å². The van der Waals surface area contributed by atoms with Gasteiger partial charge in [0.25, 0.3) is 0 Å². The van der Waals surface area contributed by atoms with Gasteiger partial charge in [0.15, 0.2) is 0 Å².